The van der Waals surface area contributed by atoms with Gasteiger partial charge in [-0.1, -0.05) is 0 Å². The van der Waals surface area contributed by atoms with Gasteiger partial charge in [0.25, 0.3) is 0 Å². The fraction of sp³-hybridized carbons (Fsp3) is 0.444. The molecular weight excluding hydrogens is 154 g/mol. The molecule has 3 N–H and O–H groups in total. The minimum atomic E-state index is -0.491. The van der Waals surface area contributed by atoms with Gasteiger partial charge in [0, 0.05) is 16.7 Å². The Kier molecular flexibility index (Phi) is 2.53. The molecule has 3 heteroatoms. The van der Waals surface area contributed by atoms with E-state index in [2.05, 4.69) is 4.98 Å². The van der Waals surface area contributed by atoms with Gasteiger partial charge in [0.2, 0.25) is 0 Å². The smallest absolute Gasteiger partial charge is 0.516 e. The SMILES string of the molecule is Cc1c[nH]c(C)c1CCC(=O)[OH2+]. The van der Waals surface area contributed by atoms with Gasteiger partial charge >= 0.3 is 5.97 Å². The van der Waals surface area contributed by atoms with Gasteiger partial charge in [0.05, 0.1) is 0 Å². The van der Waals surface area contributed by atoms with Gasteiger partial charge < -0.3 is 10.1 Å². The van der Waals surface area contributed by atoms with Gasteiger partial charge in [-0.15, -0.1) is 0 Å². The summed E-state index contributed by atoms with van der Waals surface area (Å²) in [5.74, 6) is -0.491. The molecule has 0 atom stereocenters. The number of H-pyrrole nitrogens is 1. The van der Waals surface area contributed by atoms with Gasteiger partial charge in [-0.3, -0.25) is 0 Å². The number of aryl methyl sites for hydroxylation is 2. The van der Waals surface area contributed by atoms with Crippen LogP contribution in [0.25, 0.3) is 0 Å². The Morgan fingerprint density at radius 2 is 2.25 bits per heavy atom. The maximum absolute atomic E-state index is 10.4. The van der Waals surface area contributed by atoms with E-state index in [1.807, 2.05) is 20.0 Å². The molecular formula is C9H14NO2+. The highest BCUT2D eigenvalue weighted by molar-refractivity contribution is 5.67. The average molecular weight is 168 g/mol. The molecule has 0 aromatic carbocycles. The standard InChI is InChI=1S/C9H13NO2/c1-6-5-10-7(2)8(6)3-4-9(11)12/h5,10H,3-4H2,1-2H3,(H,11,12)/p+1. The number of aromatic nitrogens is 1. The summed E-state index contributed by atoms with van der Waals surface area (Å²) in [4.78, 5) is 13.5. The molecule has 0 aliphatic rings. The first kappa shape index (κ1) is 8.84. The summed E-state index contributed by atoms with van der Waals surface area (Å²) in [6, 6.07) is 0. The lowest BCUT2D eigenvalue weighted by Gasteiger charge is -1.96. The van der Waals surface area contributed by atoms with Crippen molar-refractivity contribution in [2.75, 3.05) is 0 Å². The molecule has 0 fully saturated rings. The van der Waals surface area contributed by atoms with Gasteiger partial charge in [0.1, 0.15) is 6.42 Å². The van der Waals surface area contributed by atoms with Crippen molar-refractivity contribution in [3.63, 3.8) is 0 Å². The predicted octanol–water partition coefficient (Wildman–Crippen LogP) is 0.815. The fourth-order valence-corrected chi connectivity index (χ4v) is 1.31. The van der Waals surface area contributed by atoms with Crippen molar-refractivity contribution < 1.29 is 9.90 Å². The van der Waals surface area contributed by atoms with Crippen LogP contribution in [0.2, 0.25) is 0 Å². The normalized spacial score (nSPS) is 10.2. The van der Waals surface area contributed by atoms with Gasteiger partial charge in [-0.25, -0.2) is 0 Å². The largest absolute Gasteiger partial charge is 0.565 e. The molecule has 0 amide bonds. The number of rotatable bonds is 3. The Hall–Kier alpha value is -1.25. The van der Waals surface area contributed by atoms with Crippen molar-refractivity contribution in [1.29, 1.82) is 0 Å². The summed E-state index contributed by atoms with van der Waals surface area (Å²) in [5.41, 5.74) is 3.46. The van der Waals surface area contributed by atoms with Crippen molar-refractivity contribution in [1.82, 2.24) is 4.98 Å². The number of nitrogens with one attached hydrogen (secondary N) is 1. The van der Waals surface area contributed by atoms with E-state index in [9.17, 15) is 4.79 Å². The maximum atomic E-state index is 10.4. The van der Waals surface area contributed by atoms with Crippen LogP contribution in [0.4, 0.5) is 0 Å². The number of carbonyl (C=O) groups excluding carboxylic acids is 1. The van der Waals surface area contributed by atoms with Gasteiger partial charge in [-0.05, 0) is 31.4 Å². The molecule has 0 unspecified atom stereocenters. The molecule has 0 aliphatic heterocycles. The van der Waals surface area contributed by atoms with Crippen molar-refractivity contribution >= 4 is 5.97 Å². The molecule has 1 aromatic heterocycles. The first-order valence-corrected chi connectivity index (χ1v) is 3.99. The lowest BCUT2D eigenvalue weighted by molar-refractivity contribution is -0.136. The van der Waals surface area contributed by atoms with Crippen LogP contribution in [0.15, 0.2) is 6.20 Å². The van der Waals surface area contributed by atoms with Crippen molar-refractivity contribution in [2.24, 2.45) is 0 Å². The molecule has 3 nitrogen and oxygen atoms in total. The second kappa shape index (κ2) is 3.43. The van der Waals surface area contributed by atoms with Crippen LogP contribution in [0.1, 0.15) is 23.2 Å². The first-order valence-electron chi connectivity index (χ1n) is 3.99. The molecule has 0 radical (unpaired) electrons. The molecule has 0 aliphatic carbocycles. The van der Waals surface area contributed by atoms with Crippen LogP contribution in [0.3, 0.4) is 0 Å². The summed E-state index contributed by atoms with van der Waals surface area (Å²) in [6.45, 7) is 3.99. The van der Waals surface area contributed by atoms with Crippen LogP contribution in [-0.2, 0) is 11.2 Å². The Morgan fingerprint density at radius 1 is 1.58 bits per heavy atom. The second-order valence-electron chi connectivity index (χ2n) is 3.00. The minimum absolute atomic E-state index is 0.319. The summed E-state index contributed by atoms with van der Waals surface area (Å²) in [6.07, 6.45) is 2.93. The van der Waals surface area contributed by atoms with Crippen LogP contribution >= 0.6 is 0 Å². The Labute approximate surface area is 71.4 Å². The average Bonchev–Trinajstić information content (AvgIpc) is 2.28. The van der Waals surface area contributed by atoms with E-state index in [1.165, 1.54) is 11.1 Å². The lowest BCUT2D eigenvalue weighted by Crippen LogP contribution is -1.98. The molecule has 1 rings (SSSR count). The Bertz CT molecular complexity index is 269. The van der Waals surface area contributed by atoms with E-state index in [0.29, 0.717) is 12.8 Å². The monoisotopic (exact) mass is 168 g/mol. The molecule has 12 heavy (non-hydrogen) atoms. The second-order valence-corrected chi connectivity index (χ2v) is 3.00. The topological polar surface area (TPSA) is 55.8 Å². The number of carbonyl (C=O) groups is 1. The molecule has 1 aromatic rings. The zero-order chi connectivity index (χ0) is 9.14. The van der Waals surface area contributed by atoms with Gasteiger partial charge in [-0.2, -0.15) is 0 Å². The summed E-state index contributed by atoms with van der Waals surface area (Å²) in [5, 5.41) is 6.77. The van der Waals surface area contributed by atoms with E-state index in [4.69, 9.17) is 5.11 Å². The maximum Gasteiger partial charge on any atom is 0.516 e. The first-order chi connectivity index (χ1) is 5.61. The molecule has 0 spiro atoms. The molecule has 0 bridgehead atoms. The Balaban J connectivity index is 2.68. The molecule has 66 valence electrons. The van der Waals surface area contributed by atoms with E-state index in [-0.39, 0.29) is 0 Å². The quantitative estimate of drug-likeness (QED) is 0.667. The third kappa shape index (κ3) is 1.87. The third-order valence-corrected chi connectivity index (χ3v) is 2.04. The Morgan fingerprint density at radius 3 is 2.67 bits per heavy atom. The highest BCUT2D eigenvalue weighted by Crippen LogP contribution is 2.13. The minimum Gasteiger partial charge on any atom is -0.565 e. The highest BCUT2D eigenvalue weighted by atomic mass is 16.4. The van der Waals surface area contributed by atoms with Crippen LogP contribution in [0.5, 0.6) is 0 Å². The summed E-state index contributed by atoms with van der Waals surface area (Å²) < 4.78 is 0. The van der Waals surface area contributed by atoms with Crippen molar-refractivity contribution in [3.8, 4) is 0 Å². The molecule has 0 saturated carbocycles. The van der Waals surface area contributed by atoms with E-state index < -0.39 is 5.97 Å². The summed E-state index contributed by atoms with van der Waals surface area (Å²) in [7, 11) is 0. The number of hydrogen-bond acceptors (Lipinski definition) is 1. The van der Waals surface area contributed by atoms with Crippen LogP contribution in [0, 0.1) is 13.8 Å². The van der Waals surface area contributed by atoms with E-state index in [0.717, 1.165) is 5.69 Å². The zero-order valence-corrected chi connectivity index (χ0v) is 7.40. The van der Waals surface area contributed by atoms with Crippen molar-refractivity contribution in [2.45, 2.75) is 26.7 Å². The molecule has 0 saturated heterocycles. The van der Waals surface area contributed by atoms with Crippen LogP contribution < -0.4 is 0 Å². The fourth-order valence-electron chi connectivity index (χ4n) is 1.31. The van der Waals surface area contributed by atoms with Crippen LogP contribution in [-0.4, -0.2) is 16.1 Å². The van der Waals surface area contributed by atoms with Crippen molar-refractivity contribution in [3.05, 3.63) is 23.0 Å². The van der Waals surface area contributed by atoms with E-state index in [1.54, 1.807) is 0 Å². The predicted molar refractivity (Wildman–Crippen MR) is 47.2 cm³/mol. The molecule has 1 heterocycles. The summed E-state index contributed by atoms with van der Waals surface area (Å²) >= 11 is 0. The lowest BCUT2D eigenvalue weighted by atomic mass is 10.1. The number of hydrogen-bond donors (Lipinski definition) is 1. The third-order valence-electron chi connectivity index (χ3n) is 2.04. The highest BCUT2D eigenvalue weighted by Gasteiger charge is 2.10. The van der Waals surface area contributed by atoms with Gasteiger partial charge in [0.15, 0.2) is 0 Å². The van der Waals surface area contributed by atoms with E-state index >= 15 is 0 Å². The zero-order valence-electron chi connectivity index (χ0n) is 7.40. The number of aromatic amines is 1.